The summed E-state index contributed by atoms with van der Waals surface area (Å²) in [5, 5.41) is 11.5. The van der Waals surface area contributed by atoms with Crippen molar-refractivity contribution in [2.24, 2.45) is 0 Å². The highest BCUT2D eigenvalue weighted by Crippen LogP contribution is 2.30. The van der Waals surface area contributed by atoms with Gasteiger partial charge in [0.1, 0.15) is 5.75 Å². The molecule has 20 heavy (non-hydrogen) atoms. The molecule has 2 rings (SSSR count). The number of nitro groups is 1. The highest BCUT2D eigenvalue weighted by molar-refractivity contribution is 6.32. The Labute approximate surface area is 118 Å². The quantitative estimate of drug-likeness (QED) is 0.693. The van der Waals surface area contributed by atoms with E-state index in [1.807, 2.05) is 0 Å². The molecule has 0 amide bonds. The number of nitrogens with zero attached hydrogens (tertiary/aromatic N) is 2. The number of benzene rings is 1. The molecule has 1 heterocycles. The molecular formula is C12H10ClN3O4. The van der Waals surface area contributed by atoms with Gasteiger partial charge in [-0.2, -0.15) is 4.98 Å². The third-order valence-electron chi connectivity index (χ3n) is 2.60. The molecule has 0 spiro atoms. The number of nitrogens with one attached hydrogen (secondary N) is 1. The minimum Gasteiger partial charge on any atom is -0.433 e. The van der Waals surface area contributed by atoms with E-state index < -0.39 is 16.2 Å². The molecule has 1 aromatic heterocycles. The number of hydrogen-bond acceptors (Lipinski definition) is 5. The molecule has 104 valence electrons. The number of aromatic nitrogens is 2. The molecule has 1 aromatic carbocycles. The number of halogens is 1. The topological polar surface area (TPSA) is 98.1 Å². The lowest BCUT2D eigenvalue weighted by molar-refractivity contribution is -0.387. The SMILES string of the molecule is Cc1cc(Oc2nc[nH]c(=O)c2[N+](=O)[O-])cc(C)c1Cl. The van der Waals surface area contributed by atoms with Gasteiger partial charge in [-0.05, 0) is 37.1 Å². The molecule has 0 atom stereocenters. The van der Waals surface area contributed by atoms with Gasteiger partial charge in [0.25, 0.3) is 0 Å². The summed E-state index contributed by atoms with van der Waals surface area (Å²) in [6.45, 7) is 3.56. The average molecular weight is 296 g/mol. The van der Waals surface area contributed by atoms with E-state index in [1.165, 1.54) is 0 Å². The summed E-state index contributed by atoms with van der Waals surface area (Å²) in [6, 6.07) is 3.23. The molecule has 0 saturated heterocycles. The fourth-order valence-corrected chi connectivity index (χ4v) is 1.80. The first kappa shape index (κ1) is 14.0. The van der Waals surface area contributed by atoms with Gasteiger partial charge in [0.05, 0.1) is 11.3 Å². The van der Waals surface area contributed by atoms with Crippen LogP contribution >= 0.6 is 11.6 Å². The zero-order valence-electron chi connectivity index (χ0n) is 10.6. The van der Waals surface area contributed by atoms with Gasteiger partial charge >= 0.3 is 17.1 Å². The molecule has 2 aromatic rings. The summed E-state index contributed by atoms with van der Waals surface area (Å²) in [5.74, 6) is -0.0366. The van der Waals surface area contributed by atoms with Crippen molar-refractivity contribution in [3.05, 3.63) is 55.1 Å². The lowest BCUT2D eigenvalue weighted by Crippen LogP contribution is -2.13. The monoisotopic (exact) mass is 295 g/mol. The second-order valence-corrected chi connectivity index (χ2v) is 4.49. The van der Waals surface area contributed by atoms with Gasteiger partial charge in [-0.25, -0.2) is 0 Å². The number of hydrogen-bond donors (Lipinski definition) is 1. The van der Waals surface area contributed by atoms with Crippen molar-refractivity contribution in [2.45, 2.75) is 13.8 Å². The lowest BCUT2D eigenvalue weighted by atomic mass is 10.1. The number of aryl methyl sites for hydroxylation is 2. The largest absolute Gasteiger partial charge is 0.433 e. The van der Waals surface area contributed by atoms with Gasteiger partial charge < -0.3 is 9.72 Å². The van der Waals surface area contributed by atoms with Gasteiger partial charge in [-0.3, -0.25) is 14.9 Å². The third kappa shape index (κ3) is 2.62. The smallest absolute Gasteiger partial charge is 0.395 e. The minimum absolute atomic E-state index is 0.325. The van der Waals surface area contributed by atoms with Crippen molar-refractivity contribution in [2.75, 3.05) is 0 Å². The summed E-state index contributed by atoms with van der Waals surface area (Å²) < 4.78 is 5.34. The average Bonchev–Trinajstić information content (AvgIpc) is 2.35. The standard InChI is InChI=1S/C12H10ClN3O4/c1-6-3-8(4-7(2)9(6)13)20-12-10(16(18)19)11(17)14-5-15-12/h3-5H,1-2H3,(H,14,15,17). The summed E-state index contributed by atoms with van der Waals surface area (Å²) in [4.78, 5) is 27.3. The highest BCUT2D eigenvalue weighted by Gasteiger charge is 2.23. The molecule has 7 nitrogen and oxygen atoms in total. The Morgan fingerprint density at radius 1 is 1.35 bits per heavy atom. The van der Waals surface area contributed by atoms with Crippen LogP contribution in [0.25, 0.3) is 0 Å². The van der Waals surface area contributed by atoms with Gasteiger partial charge in [0, 0.05) is 5.02 Å². The van der Waals surface area contributed by atoms with Crippen molar-refractivity contribution in [3.8, 4) is 11.6 Å². The predicted octanol–water partition coefficient (Wildman–Crippen LogP) is 2.74. The maximum atomic E-state index is 11.4. The van der Waals surface area contributed by atoms with E-state index in [2.05, 4.69) is 9.97 Å². The summed E-state index contributed by atoms with van der Waals surface area (Å²) >= 11 is 6.03. The van der Waals surface area contributed by atoms with Crippen LogP contribution in [0.4, 0.5) is 5.69 Å². The fourth-order valence-electron chi connectivity index (χ4n) is 1.69. The summed E-state index contributed by atoms with van der Waals surface area (Å²) in [5.41, 5.74) is -0.0940. The van der Waals surface area contributed by atoms with Crippen LogP contribution in [0.1, 0.15) is 11.1 Å². The van der Waals surface area contributed by atoms with E-state index in [1.54, 1.807) is 26.0 Å². The van der Waals surface area contributed by atoms with E-state index in [0.717, 1.165) is 17.5 Å². The van der Waals surface area contributed by atoms with E-state index in [4.69, 9.17) is 16.3 Å². The first-order valence-corrected chi connectivity index (χ1v) is 5.94. The van der Waals surface area contributed by atoms with Crippen molar-refractivity contribution < 1.29 is 9.66 Å². The normalized spacial score (nSPS) is 10.3. The second kappa shape index (κ2) is 5.30. The van der Waals surface area contributed by atoms with Crippen LogP contribution in [0, 0.1) is 24.0 Å². The fraction of sp³-hybridized carbons (Fsp3) is 0.167. The Kier molecular flexibility index (Phi) is 3.71. The molecule has 0 saturated carbocycles. The van der Waals surface area contributed by atoms with Crippen molar-refractivity contribution >= 4 is 17.3 Å². The van der Waals surface area contributed by atoms with Crippen molar-refractivity contribution in [3.63, 3.8) is 0 Å². The van der Waals surface area contributed by atoms with E-state index in [0.29, 0.717) is 10.8 Å². The molecule has 1 N–H and O–H groups in total. The maximum Gasteiger partial charge on any atom is 0.395 e. The maximum absolute atomic E-state index is 11.4. The van der Waals surface area contributed by atoms with Gasteiger partial charge in [-0.15, -0.1) is 0 Å². The second-order valence-electron chi connectivity index (χ2n) is 4.12. The Bertz CT molecular complexity index is 719. The predicted molar refractivity (Wildman–Crippen MR) is 72.5 cm³/mol. The van der Waals surface area contributed by atoms with Gasteiger partial charge in [0.2, 0.25) is 0 Å². The molecule has 0 radical (unpaired) electrons. The minimum atomic E-state index is -0.873. The van der Waals surface area contributed by atoms with Gasteiger partial charge in [-0.1, -0.05) is 11.6 Å². The Hall–Kier alpha value is -2.41. The first-order chi connectivity index (χ1) is 9.40. The Morgan fingerprint density at radius 2 is 1.95 bits per heavy atom. The Morgan fingerprint density at radius 3 is 2.50 bits per heavy atom. The molecule has 0 aliphatic rings. The number of ether oxygens (including phenoxy) is 1. The van der Waals surface area contributed by atoms with E-state index in [9.17, 15) is 14.9 Å². The van der Waals surface area contributed by atoms with Crippen LogP contribution in [0.2, 0.25) is 5.02 Å². The molecule has 0 aliphatic heterocycles. The molecule has 8 heteroatoms. The van der Waals surface area contributed by atoms with Crippen LogP contribution in [0.3, 0.4) is 0 Å². The molecular weight excluding hydrogens is 286 g/mol. The van der Waals surface area contributed by atoms with Crippen LogP contribution < -0.4 is 10.3 Å². The molecule has 0 bridgehead atoms. The molecule has 0 fully saturated rings. The van der Waals surface area contributed by atoms with Crippen LogP contribution in [-0.4, -0.2) is 14.9 Å². The zero-order valence-corrected chi connectivity index (χ0v) is 11.4. The first-order valence-electron chi connectivity index (χ1n) is 5.57. The Balaban J connectivity index is 2.48. The van der Waals surface area contributed by atoms with Crippen LogP contribution in [0.15, 0.2) is 23.3 Å². The molecule has 0 aliphatic carbocycles. The van der Waals surface area contributed by atoms with Crippen molar-refractivity contribution in [1.29, 1.82) is 0 Å². The molecule has 0 unspecified atom stereocenters. The third-order valence-corrected chi connectivity index (χ3v) is 3.20. The zero-order chi connectivity index (χ0) is 14.9. The summed E-state index contributed by atoms with van der Waals surface area (Å²) in [6.07, 6.45) is 1.04. The number of H-pyrrole nitrogens is 1. The highest BCUT2D eigenvalue weighted by atomic mass is 35.5. The lowest BCUT2D eigenvalue weighted by Gasteiger charge is -2.08. The van der Waals surface area contributed by atoms with Crippen molar-refractivity contribution in [1.82, 2.24) is 9.97 Å². The van der Waals surface area contributed by atoms with Gasteiger partial charge in [0.15, 0.2) is 0 Å². The van der Waals surface area contributed by atoms with E-state index in [-0.39, 0.29) is 5.88 Å². The van der Waals surface area contributed by atoms with Crippen LogP contribution in [-0.2, 0) is 0 Å². The van der Waals surface area contributed by atoms with E-state index >= 15 is 0 Å². The summed E-state index contributed by atoms with van der Waals surface area (Å²) in [7, 11) is 0. The number of aromatic amines is 1. The van der Waals surface area contributed by atoms with Crippen LogP contribution in [0.5, 0.6) is 11.6 Å². The number of rotatable bonds is 3.